The molecule has 0 atom stereocenters. The Hall–Kier alpha value is -3.10. The molecule has 1 saturated heterocycles. The summed E-state index contributed by atoms with van der Waals surface area (Å²) in [4.78, 5) is 31.2. The van der Waals surface area contributed by atoms with E-state index in [-0.39, 0.29) is 18.5 Å². The monoisotopic (exact) mass is 382 g/mol. The fourth-order valence-electron chi connectivity index (χ4n) is 3.81. The van der Waals surface area contributed by atoms with Crippen LogP contribution in [0.5, 0.6) is 0 Å². The number of fused-ring (bicyclic) bond motifs is 1. The molecule has 0 unspecified atom stereocenters. The fraction of sp³-hybridized carbons (Fsp3) is 0.474. The Morgan fingerprint density at radius 3 is 2.75 bits per heavy atom. The summed E-state index contributed by atoms with van der Waals surface area (Å²) in [5.41, 5.74) is 1.04. The molecule has 146 valence electrons. The molecule has 1 aromatic carbocycles. The van der Waals surface area contributed by atoms with E-state index in [2.05, 4.69) is 26.1 Å². The van der Waals surface area contributed by atoms with Gasteiger partial charge in [-0.2, -0.15) is 4.98 Å². The van der Waals surface area contributed by atoms with Crippen molar-refractivity contribution in [2.45, 2.75) is 43.7 Å². The van der Waals surface area contributed by atoms with E-state index >= 15 is 0 Å². The lowest BCUT2D eigenvalue weighted by molar-refractivity contribution is -0.121. The minimum Gasteiger partial charge on any atom is -0.369 e. The first kappa shape index (κ1) is 17.0. The van der Waals surface area contributed by atoms with Crippen molar-refractivity contribution in [1.29, 1.82) is 0 Å². The average Bonchev–Trinajstić information content (AvgIpc) is 3.46. The van der Waals surface area contributed by atoms with E-state index < -0.39 is 5.54 Å². The molecular formula is C19H22N6O3. The van der Waals surface area contributed by atoms with Gasteiger partial charge in [0.1, 0.15) is 5.54 Å². The third kappa shape index (κ3) is 3.06. The number of piperidine rings is 1. The first-order valence-corrected chi connectivity index (χ1v) is 9.67. The Morgan fingerprint density at radius 1 is 1.25 bits per heavy atom. The number of amides is 3. The predicted molar refractivity (Wildman–Crippen MR) is 101 cm³/mol. The number of hydrogen-bond acceptors (Lipinski definition) is 6. The van der Waals surface area contributed by atoms with Gasteiger partial charge in [-0.3, -0.25) is 4.79 Å². The summed E-state index contributed by atoms with van der Waals surface area (Å²) in [6.45, 7) is 1.20. The van der Waals surface area contributed by atoms with Crippen LogP contribution in [0.25, 0.3) is 0 Å². The molecule has 2 fully saturated rings. The molecule has 0 radical (unpaired) electrons. The third-order valence-corrected chi connectivity index (χ3v) is 5.71. The molecule has 2 aromatic rings. The van der Waals surface area contributed by atoms with Crippen LogP contribution in [0.15, 0.2) is 28.8 Å². The number of hydrogen-bond donors (Lipinski definition) is 3. The SMILES string of the molecule is O=C(NCc1nc(C2CC2)no1)N1CCC2(CC1)Nc1ccccc1NC2=O. The molecule has 3 aliphatic rings. The maximum atomic E-state index is 12.7. The van der Waals surface area contributed by atoms with E-state index in [1.165, 1.54) is 0 Å². The van der Waals surface area contributed by atoms with Crippen molar-refractivity contribution in [3.05, 3.63) is 36.0 Å². The van der Waals surface area contributed by atoms with Gasteiger partial charge in [-0.15, -0.1) is 0 Å². The van der Waals surface area contributed by atoms with Gasteiger partial charge in [-0.05, 0) is 37.8 Å². The van der Waals surface area contributed by atoms with E-state index in [9.17, 15) is 9.59 Å². The van der Waals surface area contributed by atoms with Crippen molar-refractivity contribution >= 4 is 23.3 Å². The number of likely N-dealkylation sites (tertiary alicyclic amines) is 1. The van der Waals surface area contributed by atoms with E-state index in [0.29, 0.717) is 37.7 Å². The first-order valence-electron chi connectivity index (χ1n) is 9.67. The van der Waals surface area contributed by atoms with E-state index in [4.69, 9.17) is 4.52 Å². The summed E-state index contributed by atoms with van der Waals surface area (Å²) in [7, 11) is 0. The van der Waals surface area contributed by atoms with Crippen LogP contribution in [0.1, 0.15) is 43.3 Å². The summed E-state index contributed by atoms with van der Waals surface area (Å²) >= 11 is 0. The van der Waals surface area contributed by atoms with Gasteiger partial charge in [0.05, 0.1) is 17.9 Å². The van der Waals surface area contributed by atoms with Crippen LogP contribution < -0.4 is 16.0 Å². The number of urea groups is 1. The molecule has 1 aromatic heterocycles. The summed E-state index contributed by atoms with van der Waals surface area (Å²) in [5.74, 6) is 1.54. The summed E-state index contributed by atoms with van der Waals surface area (Å²) in [6.07, 6.45) is 3.31. The highest BCUT2D eigenvalue weighted by molar-refractivity contribution is 6.06. The maximum Gasteiger partial charge on any atom is 0.317 e. The molecule has 3 amide bonds. The molecule has 3 heterocycles. The Labute approximate surface area is 161 Å². The van der Waals surface area contributed by atoms with E-state index in [1.54, 1.807) is 4.90 Å². The topological polar surface area (TPSA) is 112 Å². The lowest BCUT2D eigenvalue weighted by Gasteiger charge is -2.44. The second-order valence-corrected chi connectivity index (χ2v) is 7.67. The highest BCUT2D eigenvalue weighted by Gasteiger charge is 2.45. The number of aromatic nitrogens is 2. The zero-order valence-corrected chi connectivity index (χ0v) is 15.4. The molecule has 1 spiro atoms. The van der Waals surface area contributed by atoms with Crippen LogP contribution in [0.4, 0.5) is 16.2 Å². The van der Waals surface area contributed by atoms with Crippen LogP contribution in [-0.4, -0.2) is 45.6 Å². The van der Waals surface area contributed by atoms with Gasteiger partial charge in [0, 0.05) is 19.0 Å². The van der Waals surface area contributed by atoms with Crippen LogP contribution in [0, 0.1) is 0 Å². The molecule has 28 heavy (non-hydrogen) atoms. The fourth-order valence-corrected chi connectivity index (χ4v) is 3.81. The van der Waals surface area contributed by atoms with Crippen LogP contribution in [0.2, 0.25) is 0 Å². The van der Waals surface area contributed by atoms with Gasteiger partial charge in [0.25, 0.3) is 0 Å². The number of benzene rings is 1. The predicted octanol–water partition coefficient (Wildman–Crippen LogP) is 2.06. The molecule has 0 bridgehead atoms. The smallest absolute Gasteiger partial charge is 0.317 e. The average molecular weight is 382 g/mol. The standard InChI is InChI=1S/C19H22N6O3/c26-17-19(23-14-4-2-1-3-13(14)21-17)7-9-25(10-8-19)18(27)20-11-15-22-16(24-28-15)12-5-6-12/h1-4,12,23H,5-11H2,(H,20,27)(H,21,26). The number of nitrogens with zero attached hydrogens (tertiary/aromatic N) is 3. The Balaban J connectivity index is 1.17. The molecule has 3 N–H and O–H groups in total. The highest BCUT2D eigenvalue weighted by atomic mass is 16.5. The van der Waals surface area contributed by atoms with Gasteiger partial charge in [-0.25, -0.2) is 4.79 Å². The third-order valence-electron chi connectivity index (χ3n) is 5.71. The van der Waals surface area contributed by atoms with Crippen molar-refractivity contribution in [1.82, 2.24) is 20.4 Å². The molecule has 9 heteroatoms. The zero-order chi connectivity index (χ0) is 19.1. The van der Waals surface area contributed by atoms with Crippen molar-refractivity contribution in [2.75, 3.05) is 23.7 Å². The lowest BCUT2D eigenvalue weighted by Crippen LogP contribution is -2.59. The van der Waals surface area contributed by atoms with Gasteiger partial charge in [0.2, 0.25) is 11.8 Å². The Bertz CT molecular complexity index is 914. The summed E-state index contributed by atoms with van der Waals surface area (Å²) in [6, 6.07) is 7.48. The van der Waals surface area contributed by atoms with Crippen molar-refractivity contribution < 1.29 is 14.1 Å². The maximum absolute atomic E-state index is 12.7. The van der Waals surface area contributed by atoms with Gasteiger partial charge < -0.3 is 25.4 Å². The van der Waals surface area contributed by atoms with Gasteiger partial charge in [-0.1, -0.05) is 17.3 Å². The zero-order valence-electron chi connectivity index (χ0n) is 15.4. The molecule has 2 aliphatic heterocycles. The normalized spacial score (nSPS) is 20.3. The van der Waals surface area contributed by atoms with Gasteiger partial charge in [0.15, 0.2) is 5.82 Å². The minimum absolute atomic E-state index is 0.0373. The van der Waals surface area contributed by atoms with Crippen LogP contribution in [0.3, 0.4) is 0 Å². The van der Waals surface area contributed by atoms with E-state index in [0.717, 1.165) is 30.0 Å². The van der Waals surface area contributed by atoms with Crippen molar-refractivity contribution in [3.8, 4) is 0 Å². The Morgan fingerprint density at radius 2 is 2.00 bits per heavy atom. The molecule has 9 nitrogen and oxygen atoms in total. The lowest BCUT2D eigenvalue weighted by atomic mass is 9.84. The number of anilines is 2. The first-order chi connectivity index (χ1) is 13.6. The van der Waals surface area contributed by atoms with E-state index in [1.807, 2.05) is 24.3 Å². The largest absolute Gasteiger partial charge is 0.369 e. The minimum atomic E-state index is -0.670. The summed E-state index contributed by atoms with van der Waals surface area (Å²) < 4.78 is 5.18. The molecule has 5 rings (SSSR count). The second-order valence-electron chi connectivity index (χ2n) is 7.67. The van der Waals surface area contributed by atoms with Gasteiger partial charge >= 0.3 is 6.03 Å². The molecular weight excluding hydrogens is 360 g/mol. The number of rotatable bonds is 3. The summed E-state index contributed by atoms with van der Waals surface area (Å²) in [5, 5.41) is 13.2. The number of nitrogens with one attached hydrogen (secondary N) is 3. The quantitative estimate of drug-likeness (QED) is 0.749. The van der Waals surface area contributed by atoms with Crippen LogP contribution in [-0.2, 0) is 11.3 Å². The number of para-hydroxylation sites is 2. The highest BCUT2D eigenvalue weighted by Crippen LogP contribution is 2.38. The second kappa shape index (κ2) is 6.50. The van der Waals surface area contributed by atoms with Crippen molar-refractivity contribution in [3.63, 3.8) is 0 Å². The van der Waals surface area contributed by atoms with Crippen LogP contribution >= 0.6 is 0 Å². The molecule has 1 aliphatic carbocycles. The molecule has 1 saturated carbocycles. The number of carbonyl (C=O) groups excluding carboxylic acids is 2. The number of carbonyl (C=O) groups is 2. The van der Waals surface area contributed by atoms with Crippen molar-refractivity contribution in [2.24, 2.45) is 0 Å². The Kier molecular flexibility index (Phi) is 3.96.